The summed E-state index contributed by atoms with van der Waals surface area (Å²) >= 11 is 6.09. The smallest absolute Gasteiger partial charge is 0.294 e. The summed E-state index contributed by atoms with van der Waals surface area (Å²) in [5, 5.41) is 19.8. The van der Waals surface area contributed by atoms with Crippen molar-refractivity contribution >= 4 is 29.5 Å². The van der Waals surface area contributed by atoms with E-state index in [1.54, 1.807) is 18.2 Å². The van der Waals surface area contributed by atoms with Crippen molar-refractivity contribution in [1.82, 2.24) is 30.7 Å². The molecule has 0 fully saturated rings. The number of carbonyl (C=O) groups is 1. The minimum absolute atomic E-state index is 0.0111. The lowest BCUT2D eigenvalue weighted by molar-refractivity contribution is 0.0950. The van der Waals surface area contributed by atoms with Crippen LogP contribution in [0.15, 0.2) is 58.3 Å². The highest BCUT2D eigenvalue weighted by molar-refractivity contribution is 6.33. The molecule has 30 heavy (non-hydrogen) atoms. The van der Waals surface area contributed by atoms with Crippen LogP contribution < -0.4 is 11.2 Å². The van der Waals surface area contributed by atoms with E-state index in [9.17, 15) is 4.79 Å². The molecule has 3 N–H and O–H groups in total. The van der Waals surface area contributed by atoms with Crippen LogP contribution in [0.2, 0.25) is 5.02 Å². The van der Waals surface area contributed by atoms with Crippen LogP contribution in [0, 0.1) is 6.92 Å². The Morgan fingerprint density at radius 1 is 1.20 bits per heavy atom. The summed E-state index contributed by atoms with van der Waals surface area (Å²) in [6.45, 7) is 1.95. The number of benzene rings is 2. The largest absolute Gasteiger partial charge is 0.378 e. The first-order valence-corrected chi connectivity index (χ1v) is 9.11. The molecule has 0 aliphatic carbocycles. The Balaban J connectivity index is 1.70. The molecule has 4 aromatic rings. The molecule has 150 valence electrons. The lowest BCUT2D eigenvalue weighted by atomic mass is 10.1. The molecule has 2 aromatic heterocycles. The number of rotatable bonds is 5. The Bertz CT molecular complexity index is 1230. The fourth-order valence-electron chi connectivity index (χ4n) is 2.68. The zero-order valence-electron chi connectivity index (χ0n) is 15.7. The maximum absolute atomic E-state index is 12.8. The van der Waals surface area contributed by atoms with Crippen LogP contribution in [0.5, 0.6) is 0 Å². The first-order valence-electron chi connectivity index (χ1n) is 8.73. The lowest BCUT2D eigenvalue weighted by Gasteiger charge is -2.06. The molecule has 0 bridgehead atoms. The van der Waals surface area contributed by atoms with Gasteiger partial charge in [-0.05, 0) is 23.3 Å². The number of aromatic nitrogens is 5. The van der Waals surface area contributed by atoms with Crippen LogP contribution in [-0.2, 0) is 0 Å². The van der Waals surface area contributed by atoms with Crippen LogP contribution in [0.25, 0.3) is 17.1 Å². The van der Waals surface area contributed by atoms with Gasteiger partial charge in [0.1, 0.15) is 5.69 Å². The number of halogens is 1. The monoisotopic (exact) mass is 422 g/mol. The van der Waals surface area contributed by atoms with Crippen LogP contribution in [0.3, 0.4) is 0 Å². The third-order valence-corrected chi connectivity index (χ3v) is 4.53. The fourth-order valence-corrected chi connectivity index (χ4v) is 2.87. The number of nitrogens with two attached hydrogens (primary N) is 1. The Hall–Kier alpha value is -4.05. The van der Waals surface area contributed by atoms with Gasteiger partial charge in [-0.1, -0.05) is 64.8 Å². The van der Waals surface area contributed by atoms with Crippen molar-refractivity contribution in [3.05, 3.63) is 70.4 Å². The second kappa shape index (κ2) is 8.13. The van der Waals surface area contributed by atoms with E-state index in [1.165, 1.54) is 10.9 Å². The van der Waals surface area contributed by atoms with E-state index in [0.717, 1.165) is 5.56 Å². The molecule has 0 atom stereocenters. The number of carbonyl (C=O) groups excluding carboxylic acids is 1. The van der Waals surface area contributed by atoms with Gasteiger partial charge in [-0.3, -0.25) is 4.79 Å². The van der Waals surface area contributed by atoms with Crippen molar-refractivity contribution in [3.63, 3.8) is 0 Å². The van der Waals surface area contributed by atoms with Crippen molar-refractivity contribution in [2.45, 2.75) is 6.92 Å². The number of nitrogens with one attached hydrogen (secondary N) is 1. The summed E-state index contributed by atoms with van der Waals surface area (Å²) in [6.07, 6.45) is 1.44. The zero-order chi connectivity index (χ0) is 21.1. The highest BCUT2D eigenvalue weighted by Crippen LogP contribution is 2.26. The second-order valence-electron chi connectivity index (χ2n) is 6.26. The molecule has 11 heteroatoms. The third-order valence-electron chi connectivity index (χ3n) is 4.18. The van der Waals surface area contributed by atoms with E-state index in [4.69, 9.17) is 17.3 Å². The molecule has 10 nitrogen and oxygen atoms in total. The quantitative estimate of drug-likeness (QED) is 0.372. The first kappa shape index (κ1) is 19.3. The van der Waals surface area contributed by atoms with Crippen molar-refractivity contribution in [3.8, 4) is 17.1 Å². The fraction of sp³-hybridized carbons (Fsp3) is 0.0526. The molecule has 1 amide bonds. The van der Waals surface area contributed by atoms with E-state index < -0.39 is 5.91 Å². The van der Waals surface area contributed by atoms with E-state index >= 15 is 0 Å². The zero-order valence-corrected chi connectivity index (χ0v) is 16.4. The highest BCUT2D eigenvalue weighted by Gasteiger charge is 2.25. The van der Waals surface area contributed by atoms with Crippen molar-refractivity contribution in [2.24, 2.45) is 5.10 Å². The summed E-state index contributed by atoms with van der Waals surface area (Å²) < 4.78 is 5.95. The van der Waals surface area contributed by atoms with Gasteiger partial charge in [0.15, 0.2) is 5.69 Å². The average molecular weight is 423 g/mol. The number of hydrazone groups is 1. The molecular formula is C19H15ClN8O2. The van der Waals surface area contributed by atoms with Gasteiger partial charge in [0, 0.05) is 16.1 Å². The van der Waals surface area contributed by atoms with E-state index in [0.29, 0.717) is 21.8 Å². The van der Waals surface area contributed by atoms with E-state index in [1.807, 2.05) is 37.3 Å². The number of amides is 1. The number of hydrogen-bond donors (Lipinski definition) is 2. The topological polar surface area (TPSA) is 137 Å². The number of nitrogen functional groups attached to an aromatic ring is 1. The van der Waals surface area contributed by atoms with Crippen LogP contribution in [0.1, 0.15) is 21.6 Å². The van der Waals surface area contributed by atoms with Crippen molar-refractivity contribution < 1.29 is 9.42 Å². The van der Waals surface area contributed by atoms with Gasteiger partial charge in [0.2, 0.25) is 11.6 Å². The lowest BCUT2D eigenvalue weighted by Crippen LogP contribution is -2.19. The summed E-state index contributed by atoms with van der Waals surface area (Å²) in [7, 11) is 0. The van der Waals surface area contributed by atoms with Gasteiger partial charge in [-0.15, -0.1) is 5.10 Å². The minimum atomic E-state index is -0.574. The molecule has 0 aliphatic rings. The van der Waals surface area contributed by atoms with E-state index in [-0.39, 0.29) is 17.3 Å². The molecule has 2 aromatic carbocycles. The molecule has 2 heterocycles. The second-order valence-corrected chi connectivity index (χ2v) is 6.67. The van der Waals surface area contributed by atoms with Gasteiger partial charge in [-0.25, -0.2) is 10.1 Å². The molecule has 0 spiro atoms. The van der Waals surface area contributed by atoms with Crippen LogP contribution in [0.4, 0.5) is 5.82 Å². The molecule has 4 rings (SSSR count). The summed E-state index contributed by atoms with van der Waals surface area (Å²) in [5.74, 6) is -0.441. The van der Waals surface area contributed by atoms with Gasteiger partial charge in [0.05, 0.1) is 6.21 Å². The predicted octanol–water partition coefficient (Wildman–Crippen LogP) is 2.63. The minimum Gasteiger partial charge on any atom is -0.378 e. The normalized spacial score (nSPS) is 11.1. The number of hydrogen-bond acceptors (Lipinski definition) is 8. The predicted molar refractivity (Wildman–Crippen MR) is 110 cm³/mol. The maximum atomic E-state index is 12.8. The maximum Gasteiger partial charge on any atom is 0.294 e. The number of aryl methyl sites for hydroxylation is 1. The molecule has 0 saturated heterocycles. The highest BCUT2D eigenvalue weighted by atomic mass is 35.5. The molecule has 0 unspecified atom stereocenters. The van der Waals surface area contributed by atoms with E-state index in [2.05, 4.69) is 35.8 Å². The molecular weight excluding hydrogens is 408 g/mol. The van der Waals surface area contributed by atoms with Crippen molar-refractivity contribution in [2.75, 3.05) is 5.73 Å². The Morgan fingerprint density at radius 2 is 1.97 bits per heavy atom. The van der Waals surface area contributed by atoms with Gasteiger partial charge >= 0.3 is 0 Å². The molecule has 0 radical (unpaired) electrons. The van der Waals surface area contributed by atoms with Crippen LogP contribution >= 0.6 is 11.6 Å². The summed E-state index contributed by atoms with van der Waals surface area (Å²) in [4.78, 5) is 12.8. The SMILES string of the molecule is Cc1ccc(-c2c(C(=O)N/N=C\c3ccccc3Cl)nnn2-c2nonc2N)cc1. The molecule has 0 aliphatic heterocycles. The third kappa shape index (κ3) is 3.76. The average Bonchev–Trinajstić information content (AvgIpc) is 3.36. The van der Waals surface area contributed by atoms with Gasteiger partial charge in [0.25, 0.3) is 5.91 Å². The summed E-state index contributed by atoms with van der Waals surface area (Å²) in [6, 6.07) is 14.6. The number of nitrogens with zero attached hydrogens (tertiary/aromatic N) is 6. The van der Waals surface area contributed by atoms with Crippen molar-refractivity contribution in [1.29, 1.82) is 0 Å². The Labute approximate surface area is 175 Å². The Kier molecular flexibility index (Phi) is 5.22. The van der Waals surface area contributed by atoms with Gasteiger partial charge in [-0.2, -0.15) is 9.78 Å². The Morgan fingerprint density at radius 3 is 2.67 bits per heavy atom. The first-order chi connectivity index (χ1) is 14.5. The van der Waals surface area contributed by atoms with Gasteiger partial charge < -0.3 is 5.73 Å². The van der Waals surface area contributed by atoms with Crippen LogP contribution in [-0.4, -0.2) is 37.4 Å². The number of anilines is 1. The standard InChI is InChI=1S/C19H15ClN8O2/c1-11-6-8-12(9-7-11)16-15(23-27-28(16)18-17(21)25-30-26-18)19(29)24-22-10-13-4-2-3-5-14(13)20/h2-10H,1H3,(H2,21,25)(H,24,29)/b22-10-. The molecule has 0 saturated carbocycles. The summed E-state index contributed by atoms with van der Waals surface area (Å²) in [5.41, 5.74) is 11.0.